The molecule has 0 spiro atoms. The molecular weight excluding hydrogens is 238 g/mol. The number of nitrogens with one attached hydrogen (secondary N) is 1. The van der Waals surface area contributed by atoms with Gasteiger partial charge in [-0.15, -0.1) is 0 Å². The van der Waals surface area contributed by atoms with E-state index < -0.39 is 10.0 Å². The quantitative estimate of drug-likeness (QED) is 0.763. The van der Waals surface area contributed by atoms with Crippen molar-refractivity contribution in [1.82, 2.24) is 4.72 Å². The smallest absolute Gasteiger partial charge is 0.212 e. The highest BCUT2D eigenvalue weighted by atomic mass is 32.2. The summed E-state index contributed by atoms with van der Waals surface area (Å²) in [6.45, 7) is 5.96. The molecule has 2 N–H and O–H groups in total. The van der Waals surface area contributed by atoms with Gasteiger partial charge in [-0.2, -0.15) is 0 Å². The molecule has 0 aromatic rings. The van der Waals surface area contributed by atoms with Crippen molar-refractivity contribution in [3.8, 4) is 0 Å². The van der Waals surface area contributed by atoms with E-state index in [9.17, 15) is 8.42 Å². The molecule has 0 heterocycles. The van der Waals surface area contributed by atoms with Gasteiger partial charge in [0.05, 0.1) is 5.75 Å². The minimum atomic E-state index is -3.21. The normalized spacial score (nSPS) is 20.0. The summed E-state index contributed by atoms with van der Waals surface area (Å²) in [7, 11) is -3.21. The van der Waals surface area contributed by atoms with Crippen LogP contribution in [0.2, 0.25) is 0 Å². The minimum Gasteiger partial charge on any atom is -0.396 e. The molecule has 0 aliphatic heterocycles. The SMILES string of the molecule is CC(C)(C)C(CCO)NS(=O)(=O)CC1CCC1. The maximum absolute atomic E-state index is 12.0. The van der Waals surface area contributed by atoms with E-state index in [1.807, 2.05) is 20.8 Å². The Bertz CT molecular complexity index is 328. The van der Waals surface area contributed by atoms with Crippen molar-refractivity contribution in [2.75, 3.05) is 12.4 Å². The van der Waals surface area contributed by atoms with Crippen molar-refractivity contribution in [2.45, 2.75) is 52.5 Å². The summed E-state index contributed by atoms with van der Waals surface area (Å²) in [5.41, 5.74) is -0.171. The Morgan fingerprint density at radius 2 is 1.94 bits per heavy atom. The Kier molecular flexibility index (Phi) is 4.98. The third-order valence-corrected chi connectivity index (χ3v) is 5.02. The molecular formula is C12H25NO3S. The van der Waals surface area contributed by atoms with E-state index in [1.165, 1.54) is 0 Å². The van der Waals surface area contributed by atoms with Crippen LogP contribution in [0.3, 0.4) is 0 Å². The Morgan fingerprint density at radius 3 is 2.29 bits per heavy atom. The standard InChI is InChI=1S/C12H25NO3S/c1-12(2,3)11(7-8-14)13-17(15,16)9-10-5-4-6-10/h10-11,13-14H,4-9H2,1-3H3. The van der Waals surface area contributed by atoms with E-state index >= 15 is 0 Å². The molecule has 1 rings (SSSR count). The summed E-state index contributed by atoms with van der Waals surface area (Å²) >= 11 is 0. The summed E-state index contributed by atoms with van der Waals surface area (Å²) in [5.74, 6) is 0.576. The van der Waals surface area contributed by atoms with E-state index in [0.29, 0.717) is 12.3 Å². The molecule has 1 aliphatic rings. The van der Waals surface area contributed by atoms with Crippen molar-refractivity contribution in [3.63, 3.8) is 0 Å². The first kappa shape index (κ1) is 14.9. The number of aliphatic hydroxyl groups excluding tert-OH is 1. The topological polar surface area (TPSA) is 66.4 Å². The van der Waals surface area contributed by atoms with E-state index in [0.717, 1.165) is 19.3 Å². The van der Waals surface area contributed by atoms with Gasteiger partial charge in [0.15, 0.2) is 0 Å². The van der Waals surface area contributed by atoms with Gasteiger partial charge in [-0.3, -0.25) is 0 Å². The molecule has 0 amide bonds. The van der Waals surface area contributed by atoms with Crippen LogP contribution in [-0.2, 0) is 10.0 Å². The third-order valence-electron chi connectivity index (χ3n) is 3.46. The molecule has 4 nitrogen and oxygen atoms in total. The monoisotopic (exact) mass is 263 g/mol. The Morgan fingerprint density at radius 1 is 1.35 bits per heavy atom. The molecule has 1 aliphatic carbocycles. The van der Waals surface area contributed by atoms with Crippen LogP contribution in [0.1, 0.15) is 46.5 Å². The van der Waals surface area contributed by atoms with Gasteiger partial charge < -0.3 is 5.11 Å². The molecule has 1 fully saturated rings. The second-order valence-electron chi connectivity index (χ2n) is 6.13. The maximum atomic E-state index is 12.0. The minimum absolute atomic E-state index is 0.00782. The van der Waals surface area contributed by atoms with Crippen molar-refractivity contribution < 1.29 is 13.5 Å². The molecule has 1 saturated carbocycles. The van der Waals surface area contributed by atoms with Gasteiger partial charge in [-0.1, -0.05) is 27.2 Å². The predicted octanol–water partition coefficient (Wildman–Crippen LogP) is 1.50. The van der Waals surface area contributed by atoms with Gasteiger partial charge in [0.25, 0.3) is 0 Å². The first-order valence-corrected chi connectivity index (χ1v) is 8.00. The first-order chi connectivity index (χ1) is 7.74. The molecule has 17 heavy (non-hydrogen) atoms. The zero-order chi connectivity index (χ0) is 13.1. The molecule has 0 saturated heterocycles. The lowest BCUT2D eigenvalue weighted by molar-refractivity contribution is 0.214. The molecule has 1 unspecified atom stereocenters. The van der Waals surface area contributed by atoms with Crippen LogP contribution in [0.4, 0.5) is 0 Å². The second-order valence-corrected chi connectivity index (χ2v) is 7.93. The number of hydrogen-bond donors (Lipinski definition) is 2. The average Bonchev–Trinajstić information content (AvgIpc) is 2.09. The Labute approximate surface area is 105 Å². The van der Waals surface area contributed by atoms with E-state index in [1.54, 1.807) is 0 Å². The lowest BCUT2D eigenvalue weighted by Crippen LogP contribution is -2.46. The van der Waals surface area contributed by atoms with Crippen LogP contribution in [0.5, 0.6) is 0 Å². The number of sulfonamides is 1. The Hall–Kier alpha value is -0.130. The van der Waals surface area contributed by atoms with E-state index in [4.69, 9.17) is 5.11 Å². The molecule has 0 aromatic heterocycles. The second kappa shape index (κ2) is 5.67. The number of hydrogen-bond acceptors (Lipinski definition) is 3. The Balaban J connectivity index is 2.58. The maximum Gasteiger partial charge on any atom is 0.212 e. The molecule has 0 aromatic carbocycles. The van der Waals surface area contributed by atoms with Crippen molar-refractivity contribution >= 4 is 10.0 Å². The fourth-order valence-corrected chi connectivity index (χ4v) is 3.99. The van der Waals surface area contributed by atoms with Gasteiger partial charge in [0.2, 0.25) is 10.0 Å². The van der Waals surface area contributed by atoms with Crippen molar-refractivity contribution in [1.29, 1.82) is 0 Å². The summed E-state index contributed by atoms with van der Waals surface area (Å²) < 4.78 is 26.7. The summed E-state index contributed by atoms with van der Waals surface area (Å²) in [6, 6.07) is -0.197. The number of rotatable bonds is 6. The van der Waals surface area contributed by atoms with Gasteiger partial charge in [-0.05, 0) is 30.6 Å². The molecule has 0 bridgehead atoms. The van der Waals surface area contributed by atoms with Gasteiger partial charge in [0.1, 0.15) is 0 Å². The molecule has 1 atom stereocenters. The highest BCUT2D eigenvalue weighted by molar-refractivity contribution is 7.89. The summed E-state index contributed by atoms with van der Waals surface area (Å²) in [6.07, 6.45) is 3.68. The summed E-state index contributed by atoms with van der Waals surface area (Å²) in [5, 5.41) is 9.00. The van der Waals surface area contributed by atoms with Crippen molar-refractivity contribution in [3.05, 3.63) is 0 Å². The summed E-state index contributed by atoms with van der Waals surface area (Å²) in [4.78, 5) is 0. The lowest BCUT2D eigenvalue weighted by atomic mass is 9.86. The largest absolute Gasteiger partial charge is 0.396 e. The van der Waals surface area contributed by atoms with Crippen LogP contribution in [0.15, 0.2) is 0 Å². The van der Waals surface area contributed by atoms with E-state index in [-0.39, 0.29) is 23.8 Å². The van der Waals surface area contributed by atoms with Gasteiger partial charge >= 0.3 is 0 Å². The fourth-order valence-electron chi connectivity index (χ4n) is 2.03. The van der Waals surface area contributed by atoms with E-state index in [2.05, 4.69) is 4.72 Å². The van der Waals surface area contributed by atoms with Crippen LogP contribution in [0.25, 0.3) is 0 Å². The third kappa shape index (κ3) is 4.94. The zero-order valence-corrected chi connectivity index (χ0v) is 11.9. The predicted molar refractivity (Wildman–Crippen MR) is 69.2 cm³/mol. The highest BCUT2D eigenvalue weighted by Gasteiger charge is 2.31. The van der Waals surface area contributed by atoms with Crippen molar-refractivity contribution in [2.24, 2.45) is 11.3 Å². The van der Waals surface area contributed by atoms with Crippen LogP contribution < -0.4 is 4.72 Å². The highest BCUT2D eigenvalue weighted by Crippen LogP contribution is 2.28. The zero-order valence-electron chi connectivity index (χ0n) is 11.1. The van der Waals surface area contributed by atoms with Crippen LogP contribution in [0, 0.1) is 11.3 Å². The van der Waals surface area contributed by atoms with Gasteiger partial charge in [-0.25, -0.2) is 13.1 Å². The molecule has 0 radical (unpaired) electrons. The van der Waals surface area contributed by atoms with Crippen LogP contribution in [-0.4, -0.2) is 31.9 Å². The number of aliphatic hydroxyl groups is 1. The van der Waals surface area contributed by atoms with Crippen LogP contribution >= 0.6 is 0 Å². The lowest BCUT2D eigenvalue weighted by Gasteiger charge is -2.32. The average molecular weight is 263 g/mol. The molecule has 102 valence electrons. The first-order valence-electron chi connectivity index (χ1n) is 6.35. The van der Waals surface area contributed by atoms with Gasteiger partial charge in [0, 0.05) is 12.6 Å². The fraction of sp³-hybridized carbons (Fsp3) is 1.00. The molecule has 5 heteroatoms.